The molecule has 0 aliphatic heterocycles. The summed E-state index contributed by atoms with van der Waals surface area (Å²) in [7, 11) is 0. The summed E-state index contributed by atoms with van der Waals surface area (Å²) in [5, 5.41) is 0. The van der Waals surface area contributed by atoms with Crippen LogP contribution in [0.3, 0.4) is 0 Å². The summed E-state index contributed by atoms with van der Waals surface area (Å²) in [4.78, 5) is 4.52. The lowest BCUT2D eigenvalue weighted by atomic mass is 9.69. The zero-order chi connectivity index (χ0) is 20.8. The van der Waals surface area contributed by atoms with E-state index in [4.69, 9.17) is 0 Å². The van der Waals surface area contributed by atoms with Gasteiger partial charge in [0.2, 0.25) is 0 Å². The van der Waals surface area contributed by atoms with Crippen LogP contribution in [0.4, 0.5) is 0 Å². The van der Waals surface area contributed by atoms with E-state index in [1.54, 1.807) is 0 Å². The van der Waals surface area contributed by atoms with Crippen LogP contribution in [0.5, 0.6) is 0 Å². The zero-order valence-electron chi connectivity index (χ0n) is 17.4. The van der Waals surface area contributed by atoms with Gasteiger partial charge in [-0.05, 0) is 41.3 Å². The van der Waals surface area contributed by atoms with Gasteiger partial charge in [-0.3, -0.25) is 4.99 Å². The molecule has 2 atom stereocenters. The maximum absolute atomic E-state index is 4.52. The average molecular weight is 380 g/mol. The average Bonchev–Trinajstić information content (AvgIpc) is 2.78. The van der Waals surface area contributed by atoms with E-state index in [1.807, 2.05) is 24.3 Å². The molecule has 0 radical (unpaired) electrons. The molecule has 0 N–H and O–H groups in total. The van der Waals surface area contributed by atoms with E-state index in [1.165, 1.54) is 27.8 Å². The highest BCUT2D eigenvalue weighted by Crippen LogP contribution is 2.48. The van der Waals surface area contributed by atoms with E-state index in [0.717, 1.165) is 17.7 Å². The number of hydrogen-bond donors (Lipinski definition) is 0. The second-order valence-electron chi connectivity index (χ2n) is 7.30. The Morgan fingerprint density at radius 2 is 1.48 bits per heavy atom. The minimum absolute atomic E-state index is 0.171. The molecule has 0 saturated carbocycles. The van der Waals surface area contributed by atoms with Gasteiger partial charge in [0.25, 0.3) is 0 Å². The third-order valence-electron chi connectivity index (χ3n) is 5.72. The Morgan fingerprint density at radius 3 is 1.93 bits per heavy atom. The van der Waals surface area contributed by atoms with Gasteiger partial charge in [-0.2, -0.15) is 0 Å². The van der Waals surface area contributed by atoms with Crippen molar-refractivity contribution in [3.05, 3.63) is 120 Å². The van der Waals surface area contributed by atoms with Gasteiger partial charge in [-0.25, -0.2) is 0 Å². The van der Waals surface area contributed by atoms with E-state index in [-0.39, 0.29) is 11.8 Å². The summed E-state index contributed by atoms with van der Waals surface area (Å²) in [6.07, 6.45) is 7.20. The molecule has 0 amide bonds. The molecule has 2 unspecified atom stereocenters. The van der Waals surface area contributed by atoms with Crippen LogP contribution in [0.15, 0.2) is 114 Å². The van der Waals surface area contributed by atoms with Crippen molar-refractivity contribution in [3.8, 4) is 0 Å². The van der Waals surface area contributed by atoms with Gasteiger partial charge in [0.05, 0.1) is 5.70 Å². The van der Waals surface area contributed by atoms with Crippen molar-refractivity contribution in [1.82, 2.24) is 0 Å². The van der Waals surface area contributed by atoms with Gasteiger partial charge in [-0.15, -0.1) is 0 Å². The van der Waals surface area contributed by atoms with Crippen LogP contribution < -0.4 is 0 Å². The van der Waals surface area contributed by atoms with Gasteiger partial charge >= 0.3 is 0 Å². The molecule has 0 saturated heterocycles. The minimum Gasteiger partial charge on any atom is -0.264 e. The molecule has 1 nitrogen and oxygen atoms in total. The molecule has 29 heavy (non-hydrogen) atoms. The summed E-state index contributed by atoms with van der Waals surface area (Å²) in [6, 6.07) is 21.1. The van der Waals surface area contributed by atoms with Crippen LogP contribution in [-0.2, 0) is 0 Å². The van der Waals surface area contributed by atoms with E-state index in [2.05, 4.69) is 93.3 Å². The van der Waals surface area contributed by atoms with Crippen molar-refractivity contribution < 1.29 is 0 Å². The fourth-order valence-electron chi connectivity index (χ4n) is 4.25. The lowest BCUT2D eigenvalue weighted by Crippen LogP contribution is -2.21. The van der Waals surface area contributed by atoms with E-state index >= 15 is 0 Å². The first-order valence-electron chi connectivity index (χ1n) is 10.2. The third-order valence-corrected chi connectivity index (χ3v) is 5.72. The third kappa shape index (κ3) is 4.00. The number of benzene rings is 2. The van der Waals surface area contributed by atoms with Crippen molar-refractivity contribution in [1.29, 1.82) is 0 Å². The maximum Gasteiger partial charge on any atom is 0.0741 e. The quantitative estimate of drug-likeness (QED) is 0.348. The summed E-state index contributed by atoms with van der Waals surface area (Å²) >= 11 is 0. The van der Waals surface area contributed by atoms with Gasteiger partial charge in [0, 0.05) is 11.5 Å². The molecule has 3 rings (SSSR count). The smallest absolute Gasteiger partial charge is 0.0741 e. The molecule has 0 spiro atoms. The summed E-state index contributed by atoms with van der Waals surface area (Å²) in [5.74, 6) is 0.428. The predicted molar refractivity (Wildman–Crippen MR) is 128 cm³/mol. The number of rotatable bonds is 7. The highest BCUT2D eigenvalue weighted by Gasteiger charge is 2.34. The van der Waals surface area contributed by atoms with Crippen molar-refractivity contribution in [2.24, 2.45) is 16.8 Å². The van der Waals surface area contributed by atoms with Gasteiger partial charge < -0.3 is 0 Å². The van der Waals surface area contributed by atoms with E-state index in [0.29, 0.717) is 0 Å². The number of allylic oxidation sites excluding steroid dienone is 6. The van der Waals surface area contributed by atoms with Gasteiger partial charge in [0.1, 0.15) is 0 Å². The fraction of sp³-hybridized carbons (Fsp3) is 0.179. The second kappa shape index (κ2) is 9.34. The topological polar surface area (TPSA) is 12.4 Å². The van der Waals surface area contributed by atoms with Crippen LogP contribution in [0.25, 0.3) is 11.1 Å². The minimum atomic E-state index is 0.171. The first-order valence-corrected chi connectivity index (χ1v) is 10.2. The Bertz CT molecular complexity index is 987. The second-order valence-corrected chi connectivity index (χ2v) is 7.30. The Balaban J connectivity index is 2.37. The Labute approximate surface area is 175 Å². The number of aliphatic imine (C=N–C) groups is 1. The molecule has 2 aromatic carbocycles. The van der Waals surface area contributed by atoms with E-state index in [9.17, 15) is 0 Å². The molecule has 0 fully saturated rings. The first-order chi connectivity index (χ1) is 14.2. The van der Waals surface area contributed by atoms with Crippen molar-refractivity contribution in [2.45, 2.75) is 20.3 Å². The molecule has 0 heterocycles. The largest absolute Gasteiger partial charge is 0.264 e. The lowest BCUT2D eigenvalue weighted by Gasteiger charge is -2.35. The van der Waals surface area contributed by atoms with Gasteiger partial charge in [0.15, 0.2) is 0 Å². The van der Waals surface area contributed by atoms with Crippen LogP contribution in [0.2, 0.25) is 0 Å². The molecule has 1 aliphatic rings. The summed E-state index contributed by atoms with van der Waals surface area (Å²) < 4.78 is 0. The molecular formula is C28H29N. The Hall–Kier alpha value is -3.19. The molecule has 0 aromatic heterocycles. The van der Waals surface area contributed by atoms with Crippen molar-refractivity contribution >= 4 is 17.9 Å². The Morgan fingerprint density at radius 1 is 0.931 bits per heavy atom. The van der Waals surface area contributed by atoms with Crippen LogP contribution in [0.1, 0.15) is 31.4 Å². The standard InChI is InChI=1S/C28H29N/c1-6-21(7-2)19-25-20(4)26(22-15-11-9-12-16-22)24(8-3)28(29-5)27(25)23-17-13-10-14-18-23/h6,8-20,25H,1,3,5,7H2,2,4H3/b21-19+. The lowest BCUT2D eigenvalue weighted by molar-refractivity contribution is 0.627. The molecular weight excluding hydrogens is 350 g/mol. The molecule has 1 heteroatoms. The van der Waals surface area contributed by atoms with Crippen LogP contribution in [0, 0.1) is 11.8 Å². The molecule has 146 valence electrons. The molecule has 0 bridgehead atoms. The first kappa shape index (κ1) is 20.5. The Kier molecular flexibility index (Phi) is 6.61. The molecule has 2 aromatic rings. The fourth-order valence-corrected chi connectivity index (χ4v) is 4.25. The van der Waals surface area contributed by atoms with Crippen LogP contribution in [-0.4, -0.2) is 6.72 Å². The normalized spacial score (nSPS) is 19.9. The number of nitrogens with zero attached hydrogens (tertiary/aromatic N) is 1. The molecule has 1 aliphatic carbocycles. The predicted octanol–water partition coefficient (Wildman–Crippen LogP) is 7.53. The van der Waals surface area contributed by atoms with Crippen molar-refractivity contribution in [3.63, 3.8) is 0 Å². The summed E-state index contributed by atoms with van der Waals surface area (Å²) in [6.45, 7) is 16.5. The SMILES string of the molecule is C=CC1=C(c2ccccc2)C(C)C(/C=C(\C=C)CC)C(c2ccccc2)=C1N=C. The highest BCUT2D eigenvalue weighted by atomic mass is 14.7. The monoisotopic (exact) mass is 379 g/mol. The van der Waals surface area contributed by atoms with Crippen LogP contribution >= 0.6 is 0 Å². The maximum atomic E-state index is 4.52. The van der Waals surface area contributed by atoms with Crippen molar-refractivity contribution in [2.75, 3.05) is 0 Å². The van der Waals surface area contributed by atoms with E-state index < -0.39 is 0 Å². The number of hydrogen-bond acceptors (Lipinski definition) is 1. The zero-order valence-corrected chi connectivity index (χ0v) is 17.4. The highest BCUT2D eigenvalue weighted by molar-refractivity contribution is 5.89. The summed E-state index contributed by atoms with van der Waals surface area (Å²) in [5.41, 5.74) is 8.09. The van der Waals surface area contributed by atoms with Gasteiger partial charge in [-0.1, -0.05) is 111 Å².